The maximum absolute atomic E-state index is 12.7. The van der Waals surface area contributed by atoms with Crippen molar-refractivity contribution in [1.82, 2.24) is 15.4 Å². The second-order valence-corrected chi connectivity index (χ2v) is 10.7. The highest BCUT2D eigenvalue weighted by molar-refractivity contribution is 8.00. The van der Waals surface area contributed by atoms with E-state index in [1.54, 1.807) is 29.3 Å². The average Bonchev–Trinajstić information content (AvgIpc) is 3.54. The molecule has 0 atom stereocenters. The minimum absolute atomic E-state index is 0.247. The number of nitrogens with one attached hydrogen (secondary N) is 2. The molecule has 0 saturated carbocycles. The molecule has 1 amide bonds. The lowest BCUT2D eigenvalue weighted by atomic mass is 10.1. The molecule has 0 fully saturated rings. The summed E-state index contributed by atoms with van der Waals surface area (Å²) in [6.07, 6.45) is 1.71. The minimum Gasteiger partial charge on any atom is -0.354 e. The summed E-state index contributed by atoms with van der Waals surface area (Å²) >= 11 is 3.41. The van der Waals surface area contributed by atoms with Crippen LogP contribution in [-0.4, -0.2) is 22.1 Å². The summed E-state index contributed by atoms with van der Waals surface area (Å²) in [5, 5.41) is 5.34. The monoisotopic (exact) mass is 518 g/mol. The van der Waals surface area contributed by atoms with Crippen LogP contribution in [0.15, 0.2) is 113 Å². The Morgan fingerprint density at radius 1 is 0.919 bits per heavy atom. The molecule has 0 unspecified atom stereocenters. The maximum atomic E-state index is 12.7. The number of nitrogens with zero attached hydrogens (tertiary/aromatic N) is 2. The molecule has 0 bridgehead atoms. The number of hydrogen-bond acceptors (Lipinski definition) is 5. The van der Waals surface area contributed by atoms with E-state index < -0.39 is 0 Å². The Balaban J connectivity index is 1.13. The predicted octanol–water partition coefficient (Wildman–Crippen LogP) is 7.50. The van der Waals surface area contributed by atoms with Crippen LogP contribution in [0.3, 0.4) is 0 Å². The molecule has 2 aromatic heterocycles. The van der Waals surface area contributed by atoms with E-state index in [-0.39, 0.29) is 5.91 Å². The molecule has 5 nitrogen and oxygen atoms in total. The van der Waals surface area contributed by atoms with Crippen molar-refractivity contribution >= 4 is 56.3 Å². The second kappa shape index (κ2) is 10.4. The number of thioether (sulfide) groups is 1. The summed E-state index contributed by atoms with van der Waals surface area (Å²) < 4.78 is 2.24. The summed E-state index contributed by atoms with van der Waals surface area (Å²) in [7, 11) is 0. The topological polar surface area (TPSA) is 70.1 Å². The highest BCUT2D eigenvalue weighted by atomic mass is 32.2. The van der Waals surface area contributed by atoms with Crippen molar-refractivity contribution < 1.29 is 4.79 Å². The van der Waals surface area contributed by atoms with Gasteiger partial charge in [0.15, 0.2) is 4.34 Å². The molecule has 37 heavy (non-hydrogen) atoms. The fourth-order valence-corrected chi connectivity index (χ4v) is 6.18. The van der Waals surface area contributed by atoms with Crippen LogP contribution in [0.25, 0.3) is 32.4 Å². The van der Waals surface area contributed by atoms with Gasteiger partial charge in [0.2, 0.25) is 0 Å². The number of aromatic nitrogens is 2. The molecular formula is C30H22N4OS2. The number of thiazole rings is 1. The quantitative estimate of drug-likeness (QED) is 0.131. The molecule has 4 aromatic carbocycles. The Labute approximate surface area is 222 Å². The molecule has 0 aliphatic heterocycles. The highest BCUT2D eigenvalue weighted by Crippen LogP contribution is 2.31. The third-order valence-corrected chi connectivity index (χ3v) is 8.27. The van der Waals surface area contributed by atoms with Gasteiger partial charge in [0, 0.05) is 27.8 Å². The Kier molecular flexibility index (Phi) is 6.54. The number of carbonyl (C=O) groups is 1. The van der Waals surface area contributed by atoms with Crippen molar-refractivity contribution in [3.63, 3.8) is 0 Å². The van der Waals surface area contributed by atoms with E-state index in [0.29, 0.717) is 5.56 Å². The fourth-order valence-electron chi connectivity index (χ4n) is 4.16. The van der Waals surface area contributed by atoms with Crippen LogP contribution in [-0.2, 0) is 5.75 Å². The Hall–Kier alpha value is -4.20. The van der Waals surface area contributed by atoms with E-state index in [4.69, 9.17) is 0 Å². The van der Waals surface area contributed by atoms with Gasteiger partial charge in [-0.05, 0) is 41.5 Å². The number of para-hydroxylation sites is 2. The highest BCUT2D eigenvalue weighted by Gasteiger charge is 2.12. The van der Waals surface area contributed by atoms with Gasteiger partial charge in [-0.15, -0.1) is 11.3 Å². The first-order valence-corrected chi connectivity index (χ1v) is 13.6. The first-order chi connectivity index (χ1) is 18.2. The molecule has 0 saturated heterocycles. The molecule has 0 aliphatic rings. The van der Waals surface area contributed by atoms with Gasteiger partial charge in [-0.1, -0.05) is 84.6 Å². The molecule has 7 heteroatoms. The third-order valence-electron chi connectivity index (χ3n) is 6.02. The first kappa shape index (κ1) is 23.2. The lowest BCUT2D eigenvalue weighted by Crippen LogP contribution is -2.17. The molecule has 0 spiro atoms. The van der Waals surface area contributed by atoms with Crippen LogP contribution in [0.4, 0.5) is 0 Å². The molecule has 0 radical (unpaired) electrons. The SMILES string of the molecule is O=C(N/N=C/c1c(-c2ccccc2)[nH]c2ccccc12)c1ccc(CSc2nc3ccccc3s2)cc1. The number of amides is 1. The second-order valence-electron chi connectivity index (χ2n) is 8.46. The number of hydrogen-bond donors (Lipinski definition) is 2. The Morgan fingerprint density at radius 2 is 1.68 bits per heavy atom. The van der Waals surface area contributed by atoms with Crippen molar-refractivity contribution in [3.8, 4) is 11.3 Å². The number of benzene rings is 4. The van der Waals surface area contributed by atoms with Gasteiger partial charge in [0.25, 0.3) is 5.91 Å². The number of fused-ring (bicyclic) bond motifs is 2. The van der Waals surface area contributed by atoms with Gasteiger partial charge in [-0.3, -0.25) is 4.79 Å². The summed E-state index contributed by atoms with van der Waals surface area (Å²) in [5.74, 6) is 0.547. The zero-order valence-corrected chi connectivity index (χ0v) is 21.4. The predicted molar refractivity (Wildman–Crippen MR) is 154 cm³/mol. The van der Waals surface area contributed by atoms with Gasteiger partial charge in [-0.2, -0.15) is 5.10 Å². The van der Waals surface area contributed by atoms with Crippen LogP contribution in [0.5, 0.6) is 0 Å². The summed E-state index contributed by atoms with van der Waals surface area (Å²) in [5.41, 5.74) is 9.39. The zero-order chi connectivity index (χ0) is 25.0. The van der Waals surface area contributed by atoms with Crippen LogP contribution >= 0.6 is 23.1 Å². The number of aromatic amines is 1. The van der Waals surface area contributed by atoms with E-state index in [2.05, 4.69) is 38.7 Å². The molecule has 6 aromatic rings. The molecule has 2 N–H and O–H groups in total. The van der Waals surface area contributed by atoms with E-state index >= 15 is 0 Å². The lowest BCUT2D eigenvalue weighted by molar-refractivity contribution is 0.0955. The number of rotatable bonds is 7. The van der Waals surface area contributed by atoms with Crippen molar-refractivity contribution in [3.05, 3.63) is 120 Å². The van der Waals surface area contributed by atoms with Crippen molar-refractivity contribution in [2.24, 2.45) is 5.10 Å². The largest absolute Gasteiger partial charge is 0.354 e. The van der Waals surface area contributed by atoms with E-state index in [9.17, 15) is 4.79 Å². The van der Waals surface area contributed by atoms with Crippen molar-refractivity contribution in [1.29, 1.82) is 0 Å². The normalized spacial score (nSPS) is 11.5. The van der Waals surface area contributed by atoms with E-state index in [0.717, 1.165) is 48.9 Å². The number of hydrazone groups is 1. The first-order valence-electron chi connectivity index (χ1n) is 11.8. The molecule has 180 valence electrons. The Bertz CT molecular complexity index is 1690. The fraction of sp³-hybridized carbons (Fsp3) is 0.0333. The molecule has 6 rings (SSSR count). The zero-order valence-electron chi connectivity index (χ0n) is 19.7. The van der Waals surface area contributed by atoms with Crippen LogP contribution in [0, 0.1) is 0 Å². The van der Waals surface area contributed by atoms with Gasteiger partial charge in [-0.25, -0.2) is 10.4 Å². The van der Waals surface area contributed by atoms with Gasteiger partial charge in [0.05, 0.1) is 22.1 Å². The van der Waals surface area contributed by atoms with Crippen LogP contribution < -0.4 is 5.43 Å². The number of carbonyl (C=O) groups excluding carboxylic acids is 1. The summed E-state index contributed by atoms with van der Waals surface area (Å²) in [6, 6.07) is 34.0. The maximum Gasteiger partial charge on any atom is 0.271 e. The molecular weight excluding hydrogens is 496 g/mol. The summed E-state index contributed by atoms with van der Waals surface area (Å²) in [6.45, 7) is 0. The molecule has 2 heterocycles. The van der Waals surface area contributed by atoms with Crippen LogP contribution in [0.1, 0.15) is 21.5 Å². The van der Waals surface area contributed by atoms with Gasteiger partial charge < -0.3 is 4.98 Å². The minimum atomic E-state index is -0.247. The third kappa shape index (κ3) is 5.05. The Morgan fingerprint density at radius 3 is 2.51 bits per heavy atom. The molecule has 0 aliphatic carbocycles. The van der Waals surface area contributed by atoms with Crippen molar-refractivity contribution in [2.75, 3.05) is 0 Å². The van der Waals surface area contributed by atoms with Gasteiger partial charge >= 0.3 is 0 Å². The van der Waals surface area contributed by atoms with E-state index in [1.807, 2.05) is 84.9 Å². The smallest absolute Gasteiger partial charge is 0.271 e. The standard InChI is InChI=1S/C30H22N4OS2/c35-29(22-16-14-20(15-17-22)19-36-30-33-26-12-6-7-13-27(26)37-30)34-31-18-24-23-10-4-5-11-25(23)32-28(24)21-8-2-1-3-9-21/h1-18,32H,19H2,(H,34,35)/b31-18+. The van der Waals surface area contributed by atoms with Crippen molar-refractivity contribution in [2.45, 2.75) is 10.1 Å². The number of H-pyrrole nitrogens is 1. The van der Waals surface area contributed by atoms with Crippen LogP contribution in [0.2, 0.25) is 0 Å². The summed E-state index contributed by atoms with van der Waals surface area (Å²) in [4.78, 5) is 20.9. The van der Waals surface area contributed by atoms with Gasteiger partial charge in [0.1, 0.15) is 0 Å². The van der Waals surface area contributed by atoms with E-state index in [1.165, 1.54) is 4.70 Å². The average molecular weight is 519 g/mol. The lowest BCUT2D eigenvalue weighted by Gasteiger charge is -2.03.